The fourth-order valence-corrected chi connectivity index (χ4v) is 1.21. The zero-order chi connectivity index (χ0) is 9.97. The van der Waals surface area contributed by atoms with Gasteiger partial charge in [-0.25, -0.2) is 5.43 Å². The van der Waals surface area contributed by atoms with Crippen LogP contribution >= 0.6 is 0 Å². The molecular formula is C9H6N4O. The van der Waals surface area contributed by atoms with E-state index in [0.29, 0.717) is 5.71 Å². The molecule has 5 heteroatoms. The number of nitrogens with one attached hydrogen (secondary N) is 1. The summed E-state index contributed by atoms with van der Waals surface area (Å²) >= 11 is 0. The van der Waals surface area contributed by atoms with Gasteiger partial charge in [0.05, 0.1) is 0 Å². The predicted octanol–water partition coefficient (Wildman–Crippen LogP) is 0.191. The van der Waals surface area contributed by atoms with E-state index in [1.54, 1.807) is 12.1 Å². The number of carbonyl (C=O) groups is 1. The summed E-state index contributed by atoms with van der Waals surface area (Å²) in [4.78, 5) is 14.0. The van der Waals surface area contributed by atoms with Gasteiger partial charge in [0.15, 0.2) is 5.71 Å². The first-order chi connectivity index (χ1) is 6.83. The van der Waals surface area contributed by atoms with E-state index >= 15 is 0 Å². The fraction of sp³-hybridized carbons (Fsp3) is 0. The van der Waals surface area contributed by atoms with Gasteiger partial charge < -0.3 is 5.53 Å². The molecule has 2 rings (SSSR count). The van der Waals surface area contributed by atoms with Crippen LogP contribution < -0.4 is 5.43 Å². The van der Waals surface area contributed by atoms with Crippen molar-refractivity contribution in [3.05, 3.63) is 41.4 Å². The van der Waals surface area contributed by atoms with E-state index in [9.17, 15) is 4.79 Å². The molecule has 0 saturated carbocycles. The summed E-state index contributed by atoms with van der Waals surface area (Å²) in [6.45, 7) is 0. The lowest BCUT2D eigenvalue weighted by Gasteiger charge is -1.92. The van der Waals surface area contributed by atoms with Gasteiger partial charge in [-0.2, -0.15) is 9.89 Å². The van der Waals surface area contributed by atoms with E-state index in [4.69, 9.17) is 5.53 Å². The van der Waals surface area contributed by atoms with Crippen molar-refractivity contribution in [2.75, 3.05) is 0 Å². The van der Waals surface area contributed by atoms with Crippen molar-refractivity contribution in [2.24, 2.45) is 5.10 Å². The summed E-state index contributed by atoms with van der Waals surface area (Å²) in [6, 6.07) is 9.05. The van der Waals surface area contributed by atoms with E-state index in [1.165, 1.54) is 0 Å². The number of benzene rings is 1. The first-order valence-corrected chi connectivity index (χ1v) is 3.99. The van der Waals surface area contributed by atoms with Gasteiger partial charge in [-0.05, 0) is 0 Å². The maximum Gasteiger partial charge on any atom is 0.408 e. The van der Waals surface area contributed by atoms with Crippen molar-refractivity contribution in [3.8, 4) is 0 Å². The maximum atomic E-state index is 11.1. The molecule has 1 aliphatic rings. The van der Waals surface area contributed by atoms with Crippen molar-refractivity contribution in [1.82, 2.24) is 5.43 Å². The second kappa shape index (κ2) is 3.24. The average molecular weight is 186 g/mol. The largest absolute Gasteiger partial charge is 0.408 e. The van der Waals surface area contributed by atoms with E-state index in [0.717, 1.165) is 5.56 Å². The van der Waals surface area contributed by atoms with E-state index in [-0.39, 0.29) is 5.71 Å². The average Bonchev–Trinajstić information content (AvgIpc) is 2.61. The van der Waals surface area contributed by atoms with Crippen LogP contribution in [0.1, 0.15) is 5.56 Å². The number of hydrogen-bond acceptors (Lipinski definition) is 2. The quantitative estimate of drug-likeness (QED) is 0.493. The molecule has 1 heterocycles. The molecule has 0 spiro atoms. The lowest BCUT2D eigenvalue weighted by atomic mass is 10.1. The Bertz CT molecular complexity index is 457. The molecule has 68 valence electrons. The van der Waals surface area contributed by atoms with Crippen LogP contribution in [0.2, 0.25) is 0 Å². The van der Waals surface area contributed by atoms with Crippen molar-refractivity contribution in [2.45, 2.75) is 0 Å². The van der Waals surface area contributed by atoms with Gasteiger partial charge in [0.2, 0.25) is 0 Å². The van der Waals surface area contributed by atoms with Crippen LogP contribution in [0.25, 0.3) is 5.53 Å². The minimum Gasteiger partial charge on any atom is -0.360 e. The number of rotatable bonds is 1. The van der Waals surface area contributed by atoms with Crippen LogP contribution in [0, 0.1) is 0 Å². The minimum absolute atomic E-state index is 0.0591. The Labute approximate surface area is 79.7 Å². The molecular weight excluding hydrogens is 180 g/mol. The van der Waals surface area contributed by atoms with Gasteiger partial charge in [-0.15, -0.1) is 0 Å². The summed E-state index contributed by atoms with van der Waals surface area (Å²) in [7, 11) is 0. The smallest absolute Gasteiger partial charge is 0.360 e. The highest BCUT2D eigenvalue weighted by molar-refractivity contribution is 6.70. The summed E-state index contributed by atoms with van der Waals surface area (Å²) < 4.78 is 0. The number of amides is 1. The van der Waals surface area contributed by atoms with E-state index in [2.05, 4.69) is 15.3 Å². The van der Waals surface area contributed by atoms with Gasteiger partial charge in [0.25, 0.3) is 0 Å². The second-order valence-electron chi connectivity index (χ2n) is 2.72. The van der Waals surface area contributed by atoms with Crippen LogP contribution in [0.3, 0.4) is 0 Å². The molecule has 0 radical (unpaired) electrons. The third kappa shape index (κ3) is 1.22. The summed E-state index contributed by atoms with van der Waals surface area (Å²) in [5.41, 5.74) is 11.9. The molecule has 0 unspecified atom stereocenters. The van der Waals surface area contributed by atoms with Crippen molar-refractivity contribution in [1.29, 1.82) is 0 Å². The maximum absolute atomic E-state index is 11.1. The molecule has 1 amide bonds. The third-order valence-electron chi connectivity index (χ3n) is 1.86. The van der Waals surface area contributed by atoms with Gasteiger partial charge in [0.1, 0.15) is 0 Å². The highest BCUT2D eigenvalue weighted by Crippen LogP contribution is 2.05. The Kier molecular flexibility index (Phi) is 1.93. The first-order valence-electron chi connectivity index (χ1n) is 3.99. The van der Waals surface area contributed by atoms with Gasteiger partial charge in [0, 0.05) is 5.56 Å². The Hall–Kier alpha value is -2.26. The normalized spacial score (nSPS) is 14.7. The lowest BCUT2D eigenvalue weighted by Crippen LogP contribution is -2.24. The SMILES string of the molecule is [N-]=[N+]=C1C(=O)NN=C1c1ccccc1. The Morgan fingerprint density at radius 3 is 2.64 bits per heavy atom. The molecule has 0 atom stereocenters. The van der Waals surface area contributed by atoms with Gasteiger partial charge >= 0.3 is 11.6 Å². The van der Waals surface area contributed by atoms with Crippen LogP contribution in [0.4, 0.5) is 0 Å². The Balaban J connectivity index is 2.48. The van der Waals surface area contributed by atoms with Crippen LogP contribution in [0.5, 0.6) is 0 Å². The molecule has 1 N–H and O–H groups in total. The molecule has 0 fully saturated rings. The molecule has 5 nitrogen and oxygen atoms in total. The number of carbonyl (C=O) groups excluding carboxylic acids is 1. The molecule has 0 saturated heterocycles. The van der Waals surface area contributed by atoms with Crippen LogP contribution in [0.15, 0.2) is 35.4 Å². The van der Waals surface area contributed by atoms with Crippen LogP contribution in [-0.2, 0) is 4.79 Å². The molecule has 14 heavy (non-hydrogen) atoms. The Morgan fingerprint density at radius 2 is 2.00 bits per heavy atom. The second-order valence-corrected chi connectivity index (χ2v) is 2.72. The zero-order valence-electron chi connectivity index (χ0n) is 7.14. The van der Waals surface area contributed by atoms with Gasteiger partial charge in [-0.3, -0.25) is 4.79 Å². The molecule has 0 bridgehead atoms. The monoisotopic (exact) mass is 186 g/mol. The van der Waals surface area contributed by atoms with Crippen molar-refractivity contribution >= 4 is 17.3 Å². The third-order valence-corrected chi connectivity index (χ3v) is 1.86. The van der Waals surface area contributed by atoms with Crippen LogP contribution in [-0.4, -0.2) is 22.1 Å². The van der Waals surface area contributed by atoms with E-state index < -0.39 is 5.91 Å². The van der Waals surface area contributed by atoms with E-state index in [1.807, 2.05) is 18.2 Å². The van der Waals surface area contributed by atoms with Gasteiger partial charge in [-0.1, -0.05) is 30.3 Å². The summed E-state index contributed by atoms with van der Waals surface area (Å²) in [5.74, 6) is -0.494. The standard InChI is InChI=1S/C9H6N4O/c10-11-8-7(12-13-9(8)14)6-4-2-1-3-5-6/h1-5H,(H,13,14). The van der Waals surface area contributed by atoms with Crippen molar-refractivity contribution < 1.29 is 9.58 Å². The number of hydrazone groups is 1. The molecule has 1 aliphatic heterocycles. The zero-order valence-corrected chi connectivity index (χ0v) is 7.14. The molecule has 1 aromatic rings. The fourth-order valence-electron chi connectivity index (χ4n) is 1.21. The molecule has 0 aromatic heterocycles. The highest BCUT2D eigenvalue weighted by Gasteiger charge is 2.33. The van der Waals surface area contributed by atoms with Crippen molar-refractivity contribution in [3.63, 3.8) is 0 Å². The lowest BCUT2D eigenvalue weighted by molar-refractivity contribution is -0.118. The topological polar surface area (TPSA) is 77.9 Å². The molecule has 0 aliphatic carbocycles. The number of hydrogen-bond donors (Lipinski definition) is 1. The highest BCUT2D eigenvalue weighted by atomic mass is 16.2. The summed E-state index contributed by atoms with van der Waals surface area (Å²) in [6.07, 6.45) is 0. The molecule has 1 aromatic carbocycles. The first kappa shape index (κ1) is 8.34. The summed E-state index contributed by atoms with van der Waals surface area (Å²) in [5, 5.41) is 3.77. The predicted molar refractivity (Wildman–Crippen MR) is 49.7 cm³/mol. The number of nitrogens with zero attached hydrogens (tertiary/aromatic N) is 3. The minimum atomic E-state index is -0.494. The Morgan fingerprint density at radius 1 is 1.29 bits per heavy atom.